The van der Waals surface area contributed by atoms with Gasteiger partial charge in [-0.15, -0.1) is 0 Å². The molecule has 0 saturated heterocycles. The second-order valence-electron chi connectivity index (χ2n) is 27.5. The molecule has 558 valence electrons. The fourth-order valence-corrected chi connectivity index (χ4v) is 13.0. The number of esters is 4. The number of phosphoric acid groups is 2. The van der Waals surface area contributed by atoms with Crippen LogP contribution in [0.3, 0.4) is 0 Å². The van der Waals surface area contributed by atoms with E-state index in [0.29, 0.717) is 25.7 Å². The van der Waals surface area contributed by atoms with Crippen LogP contribution in [-0.2, 0) is 65.4 Å². The van der Waals surface area contributed by atoms with E-state index in [-0.39, 0.29) is 25.7 Å². The molecule has 0 aliphatic heterocycles. The summed E-state index contributed by atoms with van der Waals surface area (Å²) in [6, 6.07) is 0. The molecule has 0 aliphatic carbocycles. The Morgan fingerprint density at radius 1 is 0.298 bits per heavy atom. The van der Waals surface area contributed by atoms with Gasteiger partial charge in [-0.05, 0) is 37.5 Å². The summed E-state index contributed by atoms with van der Waals surface area (Å²) in [5, 5.41) is 10.6. The number of hydrogen-bond donors (Lipinski definition) is 3. The smallest absolute Gasteiger partial charge is 0.462 e. The van der Waals surface area contributed by atoms with Crippen molar-refractivity contribution in [1.82, 2.24) is 0 Å². The van der Waals surface area contributed by atoms with Gasteiger partial charge < -0.3 is 33.8 Å². The summed E-state index contributed by atoms with van der Waals surface area (Å²) in [7, 11) is -9.91. The van der Waals surface area contributed by atoms with Crippen LogP contribution in [0.2, 0.25) is 0 Å². The molecule has 0 aromatic carbocycles. The molecule has 0 bridgehead atoms. The second kappa shape index (κ2) is 66.9. The van der Waals surface area contributed by atoms with Gasteiger partial charge in [-0.2, -0.15) is 0 Å². The number of unbranched alkanes of at least 4 members (excludes halogenated alkanes) is 42. The molecule has 0 fully saturated rings. The minimum Gasteiger partial charge on any atom is -0.462 e. The number of ether oxygens (including phenoxy) is 4. The summed E-state index contributed by atoms with van der Waals surface area (Å²) in [4.78, 5) is 72.8. The van der Waals surface area contributed by atoms with E-state index in [0.717, 1.165) is 102 Å². The standard InChI is InChI=1S/C75H146O17P2/c1-7-11-13-15-17-19-21-22-26-29-33-40-46-52-58-73(78)86-63-70(91-74(79)59-53-47-41-34-30-27-24-23-25-28-31-37-43-49-55-67(5)9-3)65-89-93(81,82)87-61-69(76)62-88-94(83,84)90-66-71(64-85-72(77)57-51-45-39-32-20-18-16-14-12-8-2)92-75(80)60-54-48-42-36-35-38-44-50-56-68(6)10-4/h67-71,76H,7-66H2,1-6H3,(H,81,82)(H,83,84)/t67?,68?,69-,70-,71-/m1/s1. The highest BCUT2D eigenvalue weighted by Crippen LogP contribution is 2.45. The van der Waals surface area contributed by atoms with Gasteiger partial charge in [0.2, 0.25) is 0 Å². The Balaban J connectivity index is 5.25. The van der Waals surface area contributed by atoms with Gasteiger partial charge in [0.05, 0.1) is 26.4 Å². The Morgan fingerprint density at radius 3 is 0.755 bits per heavy atom. The number of hydrogen-bond acceptors (Lipinski definition) is 15. The summed E-state index contributed by atoms with van der Waals surface area (Å²) >= 11 is 0. The van der Waals surface area contributed by atoms with Crippen LogP contribution in [0.1, 0.15) is 388 Å². The lowest BCUT2D eigenvalue weighted by molar-refractivity contribution is -0.161. The molecule has 0 aliphatic rings. The average Bonchev–Trinajstić information content (AvgIpc) is 1.39. The molecule has 0 aromatic rings. The molecule has 19 heteroatoms. The molecular formula is C75H146O17P2. The van der Waals surface area contributed by atoms with E-state index in [1.54, 1.807) is 0 Å². The summed E-state index contributed by atoms with van der Waals surface area (Å²) in [5.41, 5.74) is 0. The molecule has 0 aromatic heterocycles. The van der Waals surface area contributed by atoms with Crippen molar-refractivity contribution in [2.75, 3.05) is 39.6 Å². The highest BCUT2D eigenvalue weighted by Gasteiger charge is 2.30. The predicted molar refractivity (Wildman–Crippen MR) is 381 cm³/mol. The number of aliphatic hydroxyl groups excluding tert-OH is 1. The van der Waals surface area contributed by atoms with Crippen molar-refractivity contribution in [3.63, 3.8) is 0 Å². The largest absolute Gasteiger partial charge is 0.472 e. The van der Waals surface area contributed by atoms with Crippen molar-refractivity contribution in [2.24, 2.45) is 11.8 Å². The summed E-state index contributed by atoms with van der Waals surface area (Å²) in [6.45, 7) is 9.63. The van der Waals surface area contributed by atoms with Gasteiger partial charge in [0.25, 0.3) is 0 Å². The molecule has 4 unspecified atom stereocenters. The zero-order valence-electron chi connectivity index (χ0n) is 61.3. The van der Waals surface area contributed by atoms with Gasteiger partial charge in [-0.1, -0.05) is 337 Å². The number of aliphatic hydroxyl groups is 1. The first kappa shape index (κ1) is 92.1. The van der Waals surface area contributed by atoms with E-state index >= 15 is 0 Å². The third-order valence-electron chi connectivity index (χ3n) is 18.2. The minimum atomic E-state index is -4.96. The third kappa shape index (κ3) is 66.0. The van der Waals surface area contributed by atoms with Crippen LogP contribution in [0.25, 0.3) is 0 Å². The Labute approximate surface area is 575 Å². The summed E-state index contributed by atoms with van der Waals surface area (Å²) in [6.07, 6.45) is 53.9. The quantitative estimate of drug-likeness (QED) is 0.0222. The van der Waals surface area contributed by atoms with Gasteiger partial charge in [0.1, 0.15) is 19.3 Å². The Hall–Kier alpha value is -1.94. The lowest BCUT2D eigenvalue weighted by Gasteiger charge is -2.21. The SMILES string of the molecule is CCCCCCCCCCCCCCCCC(=O)OC[C@H](COP(=O)(O)OC[C@@H](O)COP(=O)(O)OC[C@@H](COC(=O)CCCCCCCCCCCC)OC(=O)CCCCCCCCCCC(C)CC)OC(=O)CCCCCCCCCCCCCCCCC(C)CC. The van der Waals surface area contributed by atoms with E-state index in [1.807, 2.05) is 0 Å². The molecular weight excluding hydrogens is 1230 g/mol. The van der Waals surface area contributed by atoms with Crippen molar-refractivity contribution < 1.29 is 80.2 Å². The average molecular weight is 1380 g/mol. The first-order valence-corrected chi connectivity index (χ1v) is 42.1. The van der Waals surface area contributed by atoms with Gasteiger partial charge in [0, 0.05) is 25.7 Å². The van der Waals surface area contributed by atoms with Crippen LogP contribution in [-0.4, -0.2) is 96.7 Å². The van der Waals surface area contributed by atoms with Crippen molar-refractivity contribution in [3.05, 3.63) is 0 Å². The monoisotopic (exact) mass is 1380 g/mol. The van der Waals surface area contributed by atoms with Gasteiger partial charge >= 0.3 is 39.5 Å². The molecule has 0 heterocycles. The van der Waals surface area contributed by atoms with E-state index in [1.165, 1.54) is 205 Å². The maximum atomic E-state index is 13.1. The molecule has 0 radical (unpaired) electrons. The second-order valence-corrected chi connectivity index (χ2v) is 30.4. The molecule has 0 spiro atoms. The molecule has 3 N–H and O–H groups in total. The minimum absolute atomic E-state index is 0.105. The van der Waals surface area contributed by atoms with Crippen LogP contribution >= 0.6 is 15.6 Å². The van der Waals surface area contributed by atoms with Crippen molar-refractivity contribution in [3.8, 4) is 0 Å². The van der Waals surface area contributed by atoms with Gasteiger partial charge in [0.15, 0.2) is 12.2 Å². The summed E-state index contributed by atoms with van der Waals surface area (Å²) < 4.78 is 68.5. The number of carbonyl (C=O) groups is 4. The molecule has 0 saturated carbocycles. The molecule has 17 nitrogen and oxygen atoms in total. The lowest BCUT2D eigenvalue weighted by atomic mass is 9.99. The number of phosphoric ester groups is 2. The van der Waals surface area contributed by atoms with Crippen LogP contribution in [0.4, 0.5) is 0 Å². The van der Waals surface area contributed by atoms with Crippen LogP contribution in [0.5, 0.6) is 0 Å². The van der Waals surface area contributed by atoms with Crippen LogP contribution in [0.15, 0.2) is 0 Å². The number of carbonyl (C=O) groups excluding carboxylic acids is 4. The maximum absolute atomic E-state index is 13.1. The predicted octanol–water partition coefficient (Wildman–Crippen LogP) is 21.9. The van der Waals surface area contributed by atoms with Crippen molar-refractivity contribution in [2.45, 2.75) is 407 Å². The van der Waals surface area contributed by atoms with Gasteiger partial charge in [-0.25, -0.2) is 9.13 Å². The molecule has 7 atom stereocenters. The van der Waals surface area contributed by atoms with E-state index in [2.05, 4.69) is 41.5 Å². The van der Waals surface area contributed by atoms with Gasteiger partial charge in [-0.3, -0.25) is 37.3 Å². The topological polar surface area (TPSA) is 237 Å². The lowest BCUT2D eigenvalue weighted by Crippen LogP contribution is -2.30. The van der Waals surface area contributed by atoms with Crippen LogP contribution < -0.4 is 0 Å². The fourth-order valence-electron chi connectivity index (χ4n) is 11.4. The van der Waals surface area contributed by atoms with E-state index in [9.17, 15) is 43.2 Å². The molecule has 0 rings (SSSR count). The van der Waals surface area contributed by atoms with E-state index < -0.39 is 97.5 Å². The fraction of sp³-hybridized carbons (Fsp3) is 0.947. The molecule has 0 amide bonds. The zero-order chi connectivity index (χ0) is 69.3. The highest BCUT2D eigenvalue weighted by atomic mass is 31.2. The first-order valence-electron chi connectivity index (χ1n) is 39.1. The maximum Gasteiger partial charge on any atom is 0.472 e. The first-order chi connectivity index (χ1) is 45.4. The Bertz CT molecular complexity index is 1820. The third-order valence-corrected chi connectivity index (χ3v) is 20.1. The Kier molecular flexibility index (Phi) is 65.5. The summed E-state index contributed by atoms with van der Waals surface area (Å²) in [5.74, 6) is -0.501. The zero-order valence-corrected chi connectivity index (χ0v) is 63.1. The van der Waals surface area contributed by atoms with Crippen molar-refractivity contribution in [1.29, 1.82) is 0 Å². The van der Waals surface area contributed by atoms with Crippen molar-refractivity contribution >= 4 is 39.5 Å². The Morgan fingerprint density at radius 2 is 0.511 bits per heavy atom. The normalized spacial score (nSPS) is 14.6. The van der Waals surface area contributed by atoms with Crippen LogP contribution in [0, 0.1) is 11.8 Å². The van der Waals surface area contributed by atoms with E-state index in [4.69, 9.17) is 37.0 Å². The number of rotatable bonds is 74. The highest BCUT2D eigenvalue weighted by molar-refractivity contribution is 7.47. The molecule has 94 heavy (non-hydrogen) atoms.